The van der Waals surface area contributed by atoms with Crippen LogP contribution in [0.5, 0.6) is 11.5 Å². The van der Waals surface area contributed by atoms with Crippen molar-refractivity contribution in [2.45, 2.75) is 4.90 Å². The van der Waals surface area contributed by atoms with E-state index in [-0.39, 0.29) is 5.70 Å². The van der Waals surface area contributed by atoms with Gasteiger partial charge in [-0.1, -0.05) is 12.1 Å². The van der Waals surface area contributed by atoms with Crippen LogP contribution in [0.3, 0.4) is 0 Å². The third kappa shape index (κ3) is 5.90. The van der Waals surface area contributed by atoms with E-state index in [0.717, 1.165) is 9.77 Å². The van der Waals surface area contributed by atoms with Crippen LogP contribution in [0, 0.1) is 0 Å². The van der Waals surface area contributed by atoms with Gasteiger partial charge in [-0.25, -0.2) is 0 Å². The van der Waals surface area contributed by atoms with Crippen LogP contribution in [0.1, 0.15) is 15.2 Å². The van der Waals surface area contributed by atoms with Crippen LogP contribution >= 0.6 is 23.1 Å². The molecule has 6 nitrogen and oxygen atoms in total. The van der Waals surface area contributed by atoms with Gasteiger partial charge in [-0.15, -0.1) is 23.1 Å². The zero-order valence-electron chi connectivity index (χ0n) is 17.3. The predicted octanol–water partition coefficient (Wildman–Crippen LogP) is 4.90. The summed E-state index contributed by atoms with van der Waals surface area (Å²) in [5.74, 6) is 0.0920. The average molecular weight is 455 g/mol. The highest BCUT2D eigenvalue weighted by Gasteiger charge is 2.17. The Labute approximate surface area is 189 Å². The Hall–Kier alpha value is -3.23. The number of thioether (sulfide) groups is 1. The fourth-order valence-corrected chi connectivity index (χ4v) is 3.86. The summed E-state index contributed by atoms with van der Waals surface area (Å²) in [7, 11) is 3.02. The molecule has 3 aromatic rings. The minimum absolute atomic E-state index is 0.136. The maximum absolute atomic E-state index is 13.0. The average Bonchev–Trinajstić information content (AvgIpc) is 3.31. The smallest absolute Gasteiger partial charge is 0.272 e. The molecule has 0 aliphatic heterocycles. The molecule has 1 heterocycles. The number of benzene rings is 2. The van der Waals surface area contributed by atoms with Crippen LogP contribution in [-0.2, 0) is 4.79 Å². The highest BCUT2D eigenvalue weighted by atomic mass is 32.2. The topological polar surface area (TPSA) is 76.7 Å². The number of carbonyl (C=O) groups excluding carboxylic acids is 2. The summed E-state index contributed by atoms with van der Waals surface area (Å²) in [6, 6.07) is 16.1. The van der Waals surface area contributed by atoms with Gasteiger partial charge in [0.1, 0.15) is 5.70 Å². The lowest BCUT2D eigenvalue weighted by Gasteiger charge is -2.13. The predicted molar refractivity (Wildman–Crippen MR) is 126 cm³/mol. The van der Waals surface area contributed by atoms with Crippen LogP contribution in [0.4, 0.5) is 5.69 Å². The van der Waals surface area contributed by atoms with E-state index in [0.29, 0.717) is 22.7 Å². The number of hydrogen-bond acceptors (Lipinski definition) is 6. The lowest BCUT2D eigenvalue weighted by Crippen LogP contribution is -2.30. The first-order valence-corrected chi connectivity index (χ1v) is 11.4. The molecule has 2 aromatic carbocycles. The first kappa shape index (κ1) is 22.5. The second-order valence-corrected chi connectivity index (χ2v) is 8.14. The van der Waals surface area contributed by atoms with Crippen molar-refractivity contribution in [2.24, 2.45) is 0 Å². The number of carbonyl (C=O) groups is 2. The number of methoxy groups -OCH3 is 2. The van der Waals surface area contributed by atoms with Crippen molar-refractivity contribution in [2.75, 3.05) is 25.8 Å². The third-order valence-electron chi connectivity index (χ3n) is 4.30. The van der Waals surface area contributed by atoms with Gasteiger partial charge in [0.2, 0.25) is 0 Å². The number of thiophene rings is 1. The summed E-state index contributed by atoms with van der Waals surface area (Å²) >= 11 is 3.05. The Bertz CT molecular complexity index is 1090. The molecule has 31 heavy (non-hydrogen) atoms. The van der Waals surface area contributed by atoms with Crippen LogP contribution in [0.15, 0.2) is 70.6 Å². The number of amides is 2. The summed E-state index contributed by atoms with van der Waals surface area (Å²) in [5.41, 5.74) is 1.12. The van der Waals surface area contributed by atoms with Crippen molar-refractivity contribution in [1.29, 1.82) is 0 Å². The maximum Gasteiger partial charge on any atom is 0.272 e. The zero-order valence-corrected chi connectivity index (χ0v) is 18.9. The summed E-state index contributed by atoms with van der Waals surface area (Å²) in [5, 5.41) is 7.48. The quantitative estimate of drug-likeness (QED) is 0.374. The molecule has 0 atom stereocenters. The van der Waals surface area contributed by atoms with Crippen molar-refractivity contribution in [3.05, 3.63) is 76.1 Å². The number of anilines is 1. The molecular weight excluding hydrogens is 432 g/mol. The number of nitrogens with one attached hydrogen (secondary N) is 2. The first-order chi connectivity index (χ1) is 15.0. The molecule has 0 unspecified atom stereocenters. The van der Waals surface area contributed by atoms with Gasteiger partial charge in [-0.05, 0) is 60.2 Å². The Morgan fingerprint density at radius 2 is 1.81 bits per heavy atom. The van der Waals surface area contributed by atoms with E-state index < -0.39 is 11.8 Å². The molecule has 2 amide bonds. The standard InChI is InChI=1S/C23H22N2O4S2/c1-28-20-10-9-15(12-21(20)29-2)22(26)25-19(14-18-8-5-11-31-18)23(27)24-16-6-4-7-17(13-16)30-3/h4-14H,1-3H3,(H,24,27)(H,25,26)/b19-14-. The van der Waals surface area contributed by atoms with Gasteiger partial charge in [0.15, 0.2) is 11.5 Å². The number of rotatable bonds is 8. The van der Waals surface area contributed by atoms with Crippen LogP contribution in [0.25, 0.3) is 6.08 Å². The molecule has 2 N–H and O–H groups in total. The van der Waals surface area contributed by atoms with Gasteiger partial charge in [-0.3, -0.25) is 9.59 Å². The Kier molecular flexibility index (Phi) is 7.75. The van der Waals surface area contributed by atoms with Crippen molar-refractivity contribution in [3.63, 3.8) is 0 Å². The first-order valence-electron chi connectivity index (χ1n) is 9.28. The third-order valence-corrected chi connectivity index (χ3v) is 5.84. The van der Waals surface area contributed by atoms with Gasteiger partial charge in [-0.2, -0.15) is 0 Å². The Balaban J connectivity index is 1.85. The molecule has 0 saturated carbocycles. The van der Waals surface area contributed by atoms with Gasteiger partial charge >= 0.3 is 0 Å². The van der Waals surface area contributed by atoms with E-state index in [2.05, 4.69) is 10.6 Å². The summed E-state index contributed by atoms with van der Waals surface area (Å²) in [6.45, 7) is 0. The summed E-state index contributed by atoms with van der Waals surface area (Å²) in [4.78, 5) is 27.7. The molecule has 3 rings (SSSR count). The summed E-state index contributed by atoms with van der Waals surface area (Å²) in [6.07, 6.45) is 3.61. The van der Waals surface area contributed by atoms with Gasteiger partial charge in [0.05, 0.1) is 14.2 Å². The van der Waals surface area contributed by atoms with Gasteiger partial charge in [0, 0.05) is 21.0 Å². The minimum Gasteiger partial charge on any atom is -0.493 e. The van der Waals surface area contributed by atoms with Crippen molar-refractivity contribution in [1.82, 2.24) is 5.32 Å². The maximum atomic E-state index is 13.0. The van der Waals surface area contributed by atoms with E-state index in [1.165, 1.54) is 25.6 Å². The number of ether oxygens (including phenoxy) is 2. The molecule has 0 spiro atoms. The lowest BCUT2D eigenvalue weighted by molar-refractivity contribution is -0.113. The van der Waals surface area contributed by atoms with Crippen molar-refractivity contribution in [3.8, 4) is 11.5 Å². The molecule has 0 fully saturated rings. The highest BCUT2D eigenvalue weighted by Crippen LogP contribution is 2.27. The SMILES string of the molecule is COc1ccc(C(=O)N/C(=C\c2cccs2)C(=O)Nc2cccc(SC)c2)cc1OC. The molecule has 0 aliphatic rings. The Morgan fingerprint density at radius 1 is 1.00 bits per heavy atom. The Morgan fingerprint density at radius 3 is 2.48 bits per heavy atom. The van der Waals surface area contributed by atoms with Gasteiger partial charge < -0.3 is 20.1 Å². The molecule has 0 radical (unpaired) electrons. The zero-order chi connectivity index (χ0) is 22.2. The number of hydrogen-bond donors (Lipinski definition) is 2. The van der Waals surface area contributed by atoms with Crippen LogP contribution < -0.4 is 20.1 Å². The molecule has 1 aromatic heterocycles. The molecule has 0 bridgehead atoms. The van der Waals surface area contributed by atoms with Crippen molar-refractivity contribution >= 4 is 46.7 Å². The van der Waals surface area contributed by atoms with Crippen LogP contribution in [0.2, 0.25) is 0 Å². The molecule has 0 aliphatic carbocycles. The van der Waals surface area contributed by atoms with Crippen molar-refractivity contribution < 1.29 is 19.1 Å². The molecule has 8 heteroatoms. The lowest BCUT2D eigenvalue weighted by atomic mass is 10.1. The fraction of sp³-hybridized carbons (Fsp3) is 0.130. The van der Waals surface area contributed by atoms with E-state index in [1.54, 1.807) is 42.1 Å². The molecular formula is C23H22N2O4S2. The van der Waals surface area contributed by atoms with E-state index in [1.807, 2.05) is 42.0 Å². The molecule has 160 valence electrons. The fourth-order valence-electron chi connectivity index (χ4n) is 2.75. The van der Waals surface area contributed by atoms with E-state index >= 15 is 0 Å². The van der Waals surface area contributed by atoms with E-state index in [9.17, 15) is 9.59 Å². The highest BCUT2D eigenvalue weighted by molar-refractivity contribution is 7.98. The normalized spacial score (nSPS) is 11.0. The van der Waals surface area contributed by atoms with Crippen LogP contribution in [-0.4, -0.2) is 32.3 Å². The van der Waals surface area contributed by atoms with Gasteiger partial charge in [0.25, 0.3) is 11.8 Å². The van der Waals surface area contributed by atoms with E-state index in [4.69, 9.17) is 9.47 Å². The largest absolute Gasteiger partial charge is 0.493 e. The second-order valence-electron chi connectivity index (χ2n) is 6.28. The second kappa shape index (κ2) is 10.7. The minimum atomic E-state index is -0.434. The molecule has 0 saturated heterocycles. The monoisotopic (exact) mass is 454 g/mol. The summed E-state index contributed by atoms with van der Waals surface area (Å²) < 4.78 is 10.5.